The number of ether oxygens (including phenoxy) is 2. The Morgan fingerprint density at radius 3 is 3.08 bits per heavy atom. The van der Waals surface area contributed by atoms with Crippen LogP contribution in [0.2, 0.25) is 0 Å². The van der Waals surface area contributed by atoms with Crippen LogP contribution in [0.25, 0.3) is 0 Å². The normalized spacial score (nSPS) is 23.9. The van der Waals surface area contributed by atoms with Gasteiger partial charge >= 0.3 is 0 Å². The average molecular weight is 172 g/mol. The van der Waals surface area contributed by atoms with Gasteiger partial charge in [0.1, 0.15) is 6.61 Å². The van der Waals surface area contributed by atoms with Gasteiger partial charge in [-0.05, 0) is 19.8 Å². The van der Waals surface area contributed by atoms with Crippen molar-refractivity contribution in [3.05, 3.63) is 0 Å². The molecule has 0 amide bonds. The summed E-state index contributed by atoms with van der Waals surface area (Å²) in [7, 11) is 0. The van der Waals surface area contributed by atoms with E-state index in [1.54, 1.807) is 0 Å². The van der Waals surface area contributed by atoms with Crippen molar-refractivity contribution in [2.45, 2.75) is 19.8 Å². The highest BCUT2D eigenvalue weighted by Gasteiger charge is 2.21. The molecule has 70 valence electrons. The third-order valence-electron chi connectivity index (χ3n) is 2.06. The quantitative estimate of drug-likeness (QED) is 0.635. The molecule has 1 heterocycles. The standard InChI is InChI=1S/C9H16O3/c1-2-11-7-9(10)8-4-3-5-12-6-8/h8H,2-7H2,1H3. The molecule has 1 unspecified atom stereocenters. The smallest absolute Gasteiger partial charge is 0.163 e. The van der Waals surface area contributed by atoms with Crippen LogP contribution in [-0.4, -0.2) is 32.2 Å². The van der Waals surface area contributed by atoms with Crippen LogP contribution in [0, 0.1) is 5.92 Å². The SMILES string of the molecule is CCOCC(=O)C1CCCOC1. The van der Waals surface area contributed by atoms with E-state index >= 15 is 0 Å². The van der Waals surface area contributed by atoms with Gasteiger partial charge in [-0.3, -0.25) is 4.79 Å². The predicted octanol–water partition coefficient (Wildman–Crippen LogP) is 1.02. The summed E-state index contributed by atoms with van der Waals surface area (Å²) in [5.41, 5.74) is 0. The average Bonchev–Trinajstić information content (AvgIpc) is 2.15. The second-order valence-corrected chi connectivity index (χ2v) is 3.02. The fraction of sp³-hybridized carbons (Fsp3) is 0.889. The summed E-state index contributed by atoms with van der Waals surface area (Å²) in [5.74, 6) is 0.279. The third kappa shape index (κ3) is 2.91. The van der Waals surface area contributed by atoms with Crippen LogP contribution in [0.15, 0.2) is 0 Å². The molecule has 0 aromatic carbocycles. The molecule has 0 N–H and O–H groups in total. The van der Waals surface area contributed by atoms with E-state index in [9.17, 15) is 4.79 Å². The Labute approximate surface area is 73.0 Å². The van der Waals surface area contributed by atoms with Crippen molar-refractivity contribution in [1.29, 1.82) is 0 Å². The van der Waals surface area contributed by atoms with E-state index in [1.165, 1.54) is 0 Å². The lowest BCUT2D eigenvalue weighted by Crippen LogP contribution is -2.28. The maximum Gasteiger partial charge on any atom is 0.163 e. The number of carbonyl (C=O) groups excluding carboxylic acids is 1. The largest absolute Gasteiger partial charge is 0.381 e. The van der Waals surface area contributed by atoms with E-state index in [-0.39, 0.29) is 18.3 Å². The highest BCUT2D eigenvalue weighted by Crippen LogP contribution is 2.14. The fourth-order valence-corrected chi connectivity index (χ4v) is 1.32. The van der Waals surface area contributed by atoms with Gasteiger partial charge in [0.15, 0.2) is 5.78 Å². The summed E-state index contributed by atoms with van der Waals surface area (Å²) in [6, 6.07) is 0. The zero-order valence-electron chi connectivity index (χ0n) is 7.54. The molecule has 0 radical (unpaired) electrons. The Bertz CT molecular complexity index is 139. The lowest BCUT2D eigenvalue weighted by molar-refractivity contribution is -0.131. The van der Waals surface area contributed by atoms with Crippen molar-refractivity contribution >= 4 is 5.78 Å². The maximum absolute atomic E-state index is 11.4. The second-order valence-electron chi connectivity index (χ2n) is 3.02. The molecule has 12 heavy (non-hydrogen) atoms. The van der Waals surface area contributed by atoms with Crippen LogP contribution in [-0.2, 0) is 14.3 Å². The number of Topliss-reactive ketones (excluding diaryl/α,β-unsaturated/α-hetero) is 1. The Morgan fingerprint density at radius 2 is 2.50 bits per heavy atom. The summed E-state index contributed by atoms with van der Waals surface area (Å²) in [6.45, 7) is 4.15. The van der Waals surface area contributed by atoms with E-state index < -0.39 is 0 Å². The molecule has 1 fully saturated rings. The minimum Gasteiger partial charge on any atom is -0.381 e. The number of hydrogen-bond donors (Lipinski definition) is 0. The topological polar surface area (TPSA) is 35.5 Å². The van der Waals surface area contributed by atoms with Crippen molar-refractivity contribution in [1.82, 2.24) is 0 Å². The van der Waals surface area contributed by atoms with Gasteiger partial charge in [-0.15, -0.1) is 0 Å². The first-order valence-corrected chi connectivity index (χ1v) is 4.52. The van der Waals surface area contributed by atoms with Gasteiger partial charge in [-0.1, -0.05) is 0 Å². The van der Waals surface area contributed by atoms with Crippen LogP contribution >= 0.6 is 0 Å². The van der Waals surface area contributed by atoms with E-state index in [0.29, 0.717) is 13.2 Å². The van der Waals surface area contributed by atoms with Crippen molar-refractivity contribution in [2.75, 3.05) is 26.4 Å². The molecule has 1 aliphatic heterocycles. The lowest BCUT2D eigenvalue weighted by atomic mass is 9.98. The summed E-state index contributed by atoms with van der Waals surface area (Å²) < 4.78 is 10.3. The Morgan fingerprint density at radius 1 is 1.67 bits per heavy atom. The number of ketones is 1. The highest BCUT2D eigenvalue weighted by atomic mass is 16.5. The minimum absolute atomic E-state index is 0.0882. The van der Waals surface area contributed by atoms with Crippen molar-refractivity contribution in [3.8, 4) is 0 Å². The second kappa shape index (κ2) is 5.27. The van der Waals surface area contributed by atoms with Crippen LogP contribution in [0.1, 0.15) is 19.8 Å². The molecule has 1 rings (SSSR count). The Kier molecular flexibility index (Phi) is 4.25. The molecule has 1 atom stereocenters. The van der Waals surface area contributed by atoms with Gasteiger partial charge in [0.05, 0.1) is 6.61 Å². The first-order valence-electron chi connectivity index (χ1n) is 4.52. The van der Waals surface area contributed by atoms with E-state index in [0.717, 1.165) is 19.4 Å². The number of carbonyl (C=O) groups is 1. The van der Waals surface area contributed by atoms with E-state index in [1.807, 2.05) is 6.92 Å². The van der Waals surface area contributed by atoms with Gasteiger partial charge in [0, 0.05) is 19.1 Å². The van der Waals surface area contributed by atoms with Crippen molar-refractivity contribution in [3.63, 3.8) is 0 Å². The Balaban J connectivity index is 2.20. The molecule has 3 nitrogen and oxygen atoms in total. The van der Waals surface area contributed by atoms with Gasteiger partial charge in [0.2, 0.25) is 0 Å². The first-order chi connectivity index (χ1) is 5.84. The molecule has 0 spiro atoms. The molecule has 0 aliphatic carbocycles. The highest BCUT2D eigenvalue weighted by molar-refractivity contribution is 5.82. The summed E-state index contributed by atoms with van der Waals surface area (Å²) in [4.78, 5) is 11.4. The monoisotopic (exact) mass is 172 g/mol. The predicted molar refractivity (Wildman–Crippen MR) is 45.0 cm³/mol. The summed E-state index contributed by atoms with van der Waals surface area (Å²) in [6.07, 6.45) is 1.97. The van der Waals surface area contributed by atoms with Crippen LogP contribution < -0.4 is 0 Å². The molecule has 0 saturated carbocycles. The minimum atomic E-state index is 0.0882. The summed E-state index contributed by atoms with van der Waals surface area (Å²) in [5, 5.41) is 0. The Hall–Kier alpha value is -0.410. The lowest BCUT2D eigenvalue weighted by Gasteiger charge is -2.20. The molecule has 0 aromatic heterocycles. The van der Waals surface area contributed by atoms with Gasteiger partial charge in [0.25, 0.3) is 0 Å². The zero-order valence-corrected chi connectivity index (χ0v) is 7.54. The van der Waals surface area contributed by atoms with E-state index in [2.05, 4.69) is 0 Å². The van der Waals surface area contributed by atoms with Crippen LogP contribution in [0.3, 0.4) is 0 Å². The van der Waals surface area contributed by atoms with Crippen molar-refractivity contribution in [2.24, 2.45) is 5.92 Å². The molecular formula is C9H16O3. The molecule has 1 saturated heterocycles. The number of hydrogen-bond acceptors (Lipinski definition) is 3. The van der Waals surface area contributed by atoms with Gasteiger partial charge in [-0.2, -0.15) is 0 Å². The molecule has 0 bridgehead atoms. The van der Waals surface area contributed by atoms with Gasteiger partial charge < -0.3 is 9.47 Å². The first kappa shape index (κ1) is 9.68. The van der Waals surface area contributed by atoms with Gasteiger partial charge in [-0.25, -0.2) is 0 Å². The summed E-state index contributed by atoms with van der Waals surface area (Å²) >= 11 is 0. The van der Waals surface area contributed by atoms with E-state index in [4.69, 9.17) is 9.47 Å². The zero-order chi connectivity index (χ0) is 8.81. The molecular weight excluding hydrogens is 156 g/mol. The maximum atomic E-state index is 11.4. The third-order valence-corrected chi connectivity index (χ3v) is 2.06. The molecule has 3 heteroatoms. The molecule has 0 aromatic rings. The van der Waals surface area contributed by atoms with Crippen molar-refractivity contribution < 1.29 is 14.3 Å². The fourth-order valence-electron chi connectivity index (χ4n) is 1.32. The number of rotatable bonds is 4. The van der Waals surface area contributed by atoms with Crippen LogP contribution in [0.5, 0.6) is 0 Å². The van der Waals surface area contributed by atoms with Crippen LogP contribution in [0.4, 0.5) is 0 Å². The molecule has 1 aliphatic rings.